The summed E-state index contributed by atoms with van der Waals surface area (Å²) < 4.78 is 5.16. The van der Waals surface area contributed by atoms with E-state index in [0.29, 0.717) is 22.3 Å². The van der Waals surface area contributed by atoms with Gasteiger partial charge < -0.3 is 4.52 Å². The number of aromatic nitrogens is 3. The molecule has 0 spiro atoms. The Labute approximate surface area is 176 Å². The number of para-hydroxylation sites is 1. The molecule has 0 saturated heterocycles. The third-order valence-electron chi connectivity index (χ3n) is 4.28. The number of hydrazine groups is 1. The number of aryl methyl sites for hydroxylation is 1. The smallest absolute Gasteiger partial charge is 0.288 e. The van der Waals surface area contributed by atoms with Crippen LogP contribution in [0.25, 0.3) is 22.3 Å². The van der Waals surface area contributed by atoms with E-state index in [1.54, 1.807) is 36.4 Å². The fourth-order valence-electron chi connectivity index (χ4n) is 2.74. The van der Waals surface area contributed by atoms with Crippen LogP contribution in [0.5, 0.6) is 0 Å². The van der Waals surface area contributed by atoms with Crippen LogP contribution in [0.3, 0.4) is 0 Å². The van der Waals surface area contributed by atoms with Gasteiger partial charge in [-0.15, -0.1) is 0 Å². The Morgan fingerprint density at radius 1 is 0.933 bits per heavy atom. The first kappa shape index (κ1) is 19.5. The summed E-state index contributed by atoms with van der Waals surface area (Å²) in [7, 11) is 0. The average Bonchev–Trinajstić information content (AvgIpc) is 3.25. The van der Waals surface area contributed by atoms with E-state index in [0.717, 1.165) is 10.9 Å². The van der Waals surface area contributed by atoms with Crippen LogP contribution in [-0.2, 0) is 11.2 Å². The molecule has 0 saturated carbocycles. The summed E-state index contributed by atoms with van der Waals surface area (Å²) in [6.07, 6.45) is 0.296. The standard InChI is InChI=1S/C21H16ClN5O3/c22-15-8-5-14(6-9-15)20-24-19(30-27-20)12-11-18(28)25-26-21(29)17-10-7-13-3-1-2-4-16(13)23-17/h1-10H,11-12H2,(H,25,28)(H,26,29). The van der Waals surface area contributed by atoms with Crippen molar-refractivity contribution in [2.45, 2.75) is 12.8 Å². The van der Waals surface area contributed by atoms with E-state index in [4.69, 9.17) is 16.1 Å². The number of hydrogen-bond donors (Lipinski definition) is 2. The second-order valence-electron chi connectivity index (χ2n) is 6.41. The summed E-state index contributed by atoms with van der Waals surface area (Å²) in [5, 5.41) is 5.43. The number of carbonyl (C=O) groups excluding carboxylic acids is 2. The van der Waals surface area contributed by atoms with Crippen LogP contribution in [0.2, 0.25) is 5.02 Å². The van der Waals surface area contributed by atoms with E-state index in [1.807, 2.05) is 24.3 Å². The van der Waals surface area contributed by atoms with Gasteiger partial charge in [0.1, 0.15) is 5.69 Å². The Morgan fingerprint density at radius 3 is 2.57 bits per heavy atom. The lowest BCUT2D eigenvalue weighted by Gasteiger charge is -2.07. The summed E-state index contributed by atoms with van der Waals surface area (Å²) in [5.74, 6) is -0.164. The molecule has 0 radical (unpaired) electrons. The van der Waals surface area contributed by atoms with E-state index in [-0.39, 0.29) is 18.5 Å². The van der Waals surface area contributed by atoms with Gasteiger partial charge in [-0.25, -0.2) is 4.98 Å². The highest BCUT2D eigenvalue weighted by molar-refractivity contribution is 6.30. The van der Waals surface area contributed by atoms with Crippen molar-refractivity contribution in [3.8, 4) is 11.4 Å². The van der Waals surface area contributed by atoms with E-state index < -0.39 is 11.8 Å². The number of fused-ring (bicyclic) bond motifs is 1. The molecule has 2 amide bonds. The minimum Gasteiger partial charge on any atom is -0.339 e. The predicted molar refractivity (Wildman–Crippen MR) is 110 cm³/mol. The Morgan fingerprint density at radius 2 is 1.73 bits per heavy atom. The van der Waals surface area contributed by atoms with Crippen molar-refractivity contribution in [2.24, 2.45) is 0 Å². The lowest BCUT2D eigenvalue weighted by molar-refractivity contribution is -0.121. The number of hydrogen-bond acceptors (Lipinski definition) is 6. The largest absolute Gasteiger partial charge is 0.339 e. The highest BCUT2D eigenvalue weighted by Crippen LogP contribution is 2.19. The molecule has 0 unspecified atom stereocenters. The van der Waals surface area contributed by atoms with Crippen molar-refractivity contribution in [2.75, 3.05) is 0 Å². The van der Waals surface area contributed by atoms with Crippen molar-refractivity contribution in [1.82, 2.24) is 26.0 Å². The van der Waals surface area contributed by atoms with E-state index >= 15 is 0 Å². The molecule has 2 aromatic heterocycles. The van der Waals surface area contributed by atoms with Gasteiger partial charge in [0.25, 0.3) is 5.91 Å². The summed E-state index contributed by atoms with van der Waals surface area (Å²) in [4.78, 5) is 32.8. The quantitative estimate of drug-likeness (QED) is 0.478. The Bertz CT molecular complexity index is 1210. The predicted octanol–water partition coefficient (Wildman–Crippen LogP) is 3.33. The molecule has 0 aliphatic carbocycles. The average molecular weight is 422 g/mol. The molecule has 30 heavy (non-hydrogen) atoms. The molecule has 2 N–H and O–H groups in total. The number of halogens is 1. The molecular weight excluding hydrogens is 406 g/mol. The molecular formula is C21H16ClN5O3. The van der Waals surface area contributed by atoms with Gasteiger partial charge in [0.15, 0.2) is 0 Å². The highest BCUT2D eigenvalue weighted by Gasteiger charge is 2.13. The maximum atomic E-state index is 12.2. The lowest BCUT2D eigenvalue weighted by atomic mass is 10.2. The van der Waals surface area contributed by atoms with Gasteiger partial charge in [-0.3, -0.25) is 20.4 Å². The number of carbonyl (C=O) groups is 2. The maximum Gasteiger partial charge on any atom is 0.288 e. The molecule has 0 fully saturated rings. The SMILES string of the molecule is O=C(CCc1nc(-c2ccc(Cl)cc2)no1)NNC(=O)c1ccc2ccccc2n1. The zero-order chi connectivity index (χ0) is 20.9. The van der Waals surface area contributed by atoms with Crippen LogP contribution in [-0.4, -0.2) is 26.9 Å². The Kier molecular flexibility index (Phi) is 5.67. The normalized spacial score (nSPS) is 10.7. The Hall–Kier alpha value is -3.78. The van der Waals surface area contributed by atoms with Crippen molar-refractivity contribution in [1.29, 1.82) is 0 Å². The minimum absolute atomic E-state index is 0.0632. The highest BCUT2D eigenvalue weighted by atomic mass is 35.5. The van der Waals surface area contributed by atoms with Crippen LogP contribution in [0.1, 0.15) is 22.8 Å². The van der Waals surface area contributed by atoms with E-state index in [2.05, 4.69) is 26.0 Å². The first-order valence-corrected chi connectivity index (χ1v) is 9.50. The number of amides is 2. The summed E-state index contributed by atoms with van der Waals surface area (Å²) in [5.41, 5.74) is 6.38. The van der Waals surface area contributed by atoms with E-state index in [1.165, 1.54) is 0 Å². The third-order valence-corrected chi connectivity index (χ3v) is 4.53. The fraction of sp³-hybridized carbons (Fsp3) is 0.0952. The topological polar surface area (TPSA) is 110 Å². The molecule has 4 aromatic rings. The second-order valence-corrected chi connectivity index (χ2v) is 6.85. The third kappa shape index (κ3) is 4.61. The summed E-state index contributed by atoms with van der Waals surface area (Å²) in [6, 6.07) is 17.9. The molecule has 2 aromatic carbocycles. The number of nitrogens with one attached hydrogen (secondary N) is 2. The molecule has 4 rings (SSSR count). The van der Waals surface area contributed by atoms with Crippen molar-refractivity contribution in [3.63, 3.8) is 0 Å². The van der Waals surface area contributed by atoms with Gasteiger partial charge in [-0.2, -0.15) is 4.98 Å². The van der Waals surface area contributed by atoms with Gasteiger partial charge in [-0.05, 0) is 36.4 Å². The van der Waals surface area contributed by atoms with Gasteiger partial charge in [0.05, 0.1) is 5.52 Å². The molecule has 0 atom stereocenters. The fourth-order valence-corrected chi connectivity index (χ4v) is 2.86. The van der Waals surface area contributed by atoms with Crippen LogP contribution in [0, 0.1) is 0 Å². The first-order valence-electron chi connectivity index (χ1n) is 9.12. The Balaban J connectivity index is 1.28. The van der Waals surface area contributed by atoms with Crippen LogP contribution < -0.4 is 10.9 Å². The van der Waals surface area contributed by atoms with Crippen LogP contribution >= 0.6 is 11.6 Å². The van der Waals surface area contributed by atoms with Crippen LogP contribution in [0.4, 0.5) is 0 Å². The van der Waals surface area contributed by atoms with Gasteiger partial charge in [0.2, 0.25) is 17.6 Å². The monoisotopic (exact) mass is 421 g/mol. The zero-order valence-electron chi connectivity index (χ0n) is 15.6. The molecule has 0 aliphatic heterocycles. The molecule has 2 heterocycles. The second kappa shape index (κ2) is 8.71. The zero-order valence-corrected chi connectivity index (χ0v) is 16.4. The van der Waals surface area contributed by atoms with Crippen molar-refractivity contribution < 1.29 is 14.1 Å². The number of benzene rings is 2. The van der Waals surface area contributed by atoms with Gasteiger partial charge in [-0.1, -0.05) is 41.0 Å². The van der Waals surface area contributed by atoms with Crippen LogP contribution in [0.15, 0.2) is 65.2 Å². The van der Waals surface area contributed by atoms with E-state index in [9.17, 15) is 9.59 Å². The summed E-state index contributed by atoms with van der Waals surface area (Å²) in [6.45, 7) is 0. The lowest BCUT2D eigenvalue weighted by Crippen LogP contribution is -2.42. The minimum atomic E-state index is -0.503. The van der Waals surface area contributed by atoms with Gasteiger partial charge in [0, 0.05) is 28.8 Å². The molecule has 0 aliphatic rings. The number of pyridine rings is 1. The van der Waals surface area contributed by atoms with Gasteiger partial charge >= 0.3 is 0 Å². The summed E-state index contributed by atoms with van der Waals surface area (Å²) >= 11 is 5.86. The molecule has 0 bridgehead atoms. The molecule has 150 valence electrons. The first-order chi connectivity index (χ1) is 14.6. The molecule has 8 nitrogen and oxygen atoms in total. The van der Waals surface area contributed by atoms with Crippen molar-refractivity contribution >= 4 is 34.3 Å². The number of rotatable bonds is 5. The molecule has 9 heteroatoms. The maximum absolute atomic E-state index is 12.2. The number of nitrogens with zero attached hydrogens (tertiary/aromatic N) is 3. The van der Waals surface area contributed by atoms with Crippen molar-refractivity contribution in [3.05, 3.63) is 77.3 Å².